The fraction of sp³-hybridized carbons (Fsp3) is 0.111. The number of H-pyrrole nitrogens is 2. The average molecular weight is 286 g/mol. The molecule has 2 rings (SSSR count). The summed E-state index contributed by atoms with van der Waals surface area (Å²) in [5.41, 5.74) is 1.58. The molecule has 2 N–H and O–H groups in total. The van der Waals surface area contributed by atoms with Gasteiger partial charge in [0.05, 0.1) is 5.69 Å². The number of hydrogen-bond acceptors (Lipinski definition) is 2. The van der Waals surface area contributed by atoms with Crippen LogP contribution in [-0.4, -0.2) is 14.8 Å². The van der Waals surface area contributed by atoms with E-state index < -0.39 is 0 Å². The van der Waals surface area contributed by atoms with E-state index in [-0.39, 0.29) is 5.69 Å². The van der Waals surface area contributed by atoms with Crippen LogP contribution in [0, 0.1) is 11.7 Å². The number of nitrogens with zero attached hydrogens (tertiary/aromatic N) is 1. The number of aromatic nitrogens is 3. The minimum atomic E-state index is -0.268. The van der Waals surface area contributed by atoms with Gasteiger partial charge in [-0.3, -0.25) is 5.10 Å². The van der Waals surface area contributed by atoms with Gasteiger partial charge in [-0.1, -0.05) is 22.0 Å². The smallest absolute Gasteiger partial charge is 0.272 e. The van der Waals surface area contributed by atoms with Crippen LogP contribution in [0.5, 0.6) is 0 Å². The van der Waals surface area contributed by atoms with E-state index >= 15 is 0 Å². The van der Waals surface area contributed by atoms with Gasteiger partial charge in [-0.25, -0.2) is 14.5 Å². The molecule has 0 aliphatic heterocycles. The molecular weight excluding hydrogens is 278 g/mol. The van der Waals surface area contributed by atoms with Gasteiger partial charge in [0.25, 0.3) is 0 Å². The lowest BCUT2D eigenvalue weighted by molar-refractivity contribution is 0.973. The average Bonchev–Trinajstić information content (AvgIpc) is 2.52. The number of benzene rings is 1. The molecule has 0 radical (unpaired) electrons. The van der Waals surface area contributed by atoms with Crippen LogP contribution in [0.25, 0.3) is 5.69 Å². The van der Waals surface area contributed by atoms with Crippen molar-refractivity contribution in [1.82, 2.24) is 14.8 Å². The molecule has 4 nitrogen and oxygen atoms in total. The van der Waals surface area contributed by atoms with Gasteiger partial charge in [-0.15, -0.1) is 0 Å². The Morgan fingerprint density at radius 3 is 2.67 bits per heavy atom. The van der Waals surface area contributed by atoms with Gasteiger partial charge in [0.2, 0.25) is 4.77 Å². The standard InChI is InChI=1S/C9H8BrN3OS/c1-5-2-3-6(4-7(5)10)13-8(14)11-12-9(13)15/h2-4H,1H3,(H,11,14)(H,12,15). The molecule has 0 aliphatic rings. The van der Waals surface area contributed by atoms with Gasteiger partial charge in [-0.2, -0.15) is 0 Å². The monoisotopic (exact) mass is 285 g/mol. The lowest BCUT2D eigenvalue weighted by Crippen LogP contribution is -2.14. The summed E-state index contributed by atoms with van der Waals surface area (Å²) in [7, 11) is 0. The van der Waals surface area contributed by atoms with Gasteiger partial charge >= 0.3 is 5.69 Å². The summed E-state index contributed by atoms with van der Waals surface area (Å²) in [5.74, 6) is 0. The first kappa shape index (κ1) is 10.4. The second-order valence-corrected chi connectivity index (χ2v) is 4.37. The Morgan fingerprint density at radius 1 is 1.40 bits per heavy atom. The summed E-state index contributed by atoms with van der Waals surface area (Å²) in [5, 5.41) is 5.03. The Balaban J connectivity index is 2.70. The first-order chi connectivity index (χ1) is 7.09. The molecule has 0 saturated carbocycles. The predicted octanol–water partition coefficient (Wildman–Crippen LogP) is 2.29. The minimum Gasteiger partial charge on any atom is -0.272 e. The molecule has 0 amide bonds. The van der Waals surface area contributed by atoms with E-state index in [0.717, 1.165) is 15.7 Å². The van der Waals surface area contributed by atoms with Gasteiger partial charge in [0.1, 0.15) is 0 Å². The van der Waals surface area contributed by atoms with Crippen LogP contribution < -0.4 is 5.69 Å². The van der Waals surface area contributed by atoms with Crippen molar-refractivity contribution in [2.75, 3.05) is 0 Å². The van der Waals surface area contributed by atoms with Crippen LogP contribution in [0.1, 0.15) is 5.56 Å². The number of hydrogen-bond donors (Lipinski definition) is 2. The number of rotatable bonds is 1. The minimum absolute atomic E-state index is 0.268. The number of halogens is 1. The molecule has 0 atom stereocenters. The first-order valence-electron chi connectivity index (χ1n) is 4.26. The highest BCUT2D eigenvalue weighted by Gasteiger charge is 2.04. The molecule has 15 heavy (non-hydrogen) atoms. The summed E-state index contributed by atoms with van der Waals surface area (Å²) in [6.45, 7) is 1.98. The summed E-state index contributed by atoms with van der Waals surface area (Å²) >= 11 is 8.40. The normalized spacial score (nSPS) is 10.5. The Bertz CT molecular complexity index is 583. The van der Waals surface area contributed by atoms with Crippen molar-refractivity contribution in [2.24, 2.45) is 0 Å². The van der Waals surface area contributed by atoms with Crippen LogP contribution in [0.3, 0.4) is 0 Å². The van der Waals surface area contributed by atoms with Crippen molar-refractivity contribution in [2.45, 2.75) is 6.92 Å². The van der Waals surface area contributed by atoms with Crippen LogP contribution >= 0.6 is 28.1 Å². The highest BCUT2D eigenvalue weighted by atomic mass is 79.9. The Morgan fingerprint density at radius 2 is 2.13 bits per heavy atom. The van der Waals surface area contributed by atoms with Gasteiger partial charge in [0, 0.05) is 4.47 Å². The second kappa shape index (κ2) is 3.79. The van der Waals surface area contributed by atoms with Crippen LogP contribution in [-0.2, 0) is 0 Å². The predicted molar refractivity (Wildman–Crippen MR) is 64.0 cm³/mol. The van der Waals surface area contributed by atoms with Crippen molar-refractivity contribution >= 4 is 28.1 Å². The van der Waals surface area contributed by atoms with Crippen molar-refractivity contribution in [3.05, 3.63) is 43.5 Å². The summed E-state index contributed by atoms with van der Waals surface area (Å²) < 4.78 is 2.71. The van der Waals surface area contributed by atoms with Crippen molar-refractivity contribution < 1.29 is 0 Å². The van der Waals surface area contributed by atoms with Crippen molar-refractivity contribution in [1.29, 1.82) is 0 Å². The molecule has 0 spiro atoms. The van der Waals surface area contributed by atoms with Crippen molar-refractivity contribution in [3.63, 3.8) is 0 Å². The fourth-order valence-corrected chi connectivity index (χ4v) is 1.87. The largest absolute Gasteiger partial charge is 0.347 e. The summed E-state index contributed by atoms with van der Waals surface area (Å²) in [6, 6.07) is 5.63. The van der Waals surface area contributed by atoms with Crippen molar-refractivity contribution in [3.8, 4) is 5.69 Å². The molecule has 0 fully saturated rings. The van der Waals surface area contributed by atoms with E-state index in [1.807, 2.05) is 25.1 Å². The molecule has 1 heterocycles. The van der Waals surface area contributed by atoms with E-state index in [1.165, 1.54) is 4.57 Å². The molecule has 0 bridgehead atoms. The zero-order valence-electron chi connectivity index (χ0n) is 7.87. The van der Waals surface area contributed by atoms with Gasteiger partial charge < -0.3 is 0 Å². The third-order valence-electron chi connectivity index (χ3n) is 2.10. The maximum atomic E-state index is 11.4. The number of aromatic amines is 2. The maximum absolute atomic E-state index is 11.4. The molecular formula is C9H8BrN3OS. The number of nitrogens with one attached hydrogen (secondary N) is 2. The third kappa shape index (κ3) is 1.82. The zero-order valence-corrected chi connectivity index (χ0v) is 10.3. The lowest BCUT2D eigenvalue weighted by Gasteiger charge is -2.03. The fourth-order valence-electron chi connectivity index (χ4n) is 1.27. The van der Waals surface area contributed by atoms with Crippen LogP contribution in [0.4, 0.5) is 0 Å². The topological polar surface area (TPSA) is 53.6 Å². The van der Waals surface area contributed by atoms with Crippen LogP contribution in [0.15, 0.2) is 27.5 Å². The van der Waals surface area contributed by atoms with E-state index in [4.69, 9.17) is 12.2 Å². The first-order valence-corrected chi connectivity index (χ1v) is 5.46. The van der Waals surface area contributed by atoms with E-state index in [9.17, 15) is 4.79 Å². The van der Waals surface area contributed by atoms with E-state index in [0.29, 0.717) is 4.77 Å². The molecule has 0 saturated heterocycles. The van der Waals surface area contributed by atoms with E-state index in [2.05, 4.69) is 26.1 Å². The quantitative estimate of drug-likeness (QED) is 0.790. The zero-order chi connectivity index (χ0) is 11.0. The Hall–Kier alpha value is -1.14. The molecule has 78 valence electrons. The molecule has 6 heteroatoms. The highest BCUT2D eigenvalue weighted by Crippen LogP contribution is 2.19. The molecule has 1 aromatic heterocycles. The number of aryl methyl sites for hydroxylation is 1. The highest BCUT2D eigenvalue weighted by molar-refractivity contribution is 9.10. The molecule has 1 aromatic carbocycles. The second-order valence-electron chi connectivity index (χ2n) is 3.13. The summed E-state index contributed by atoms with van der Waals surface area (Å²) in [4.78, 5) is 11.4. The van der Waals surface area contributed by atoms with E-state index in [1.54, 1.807) is 0 Å². The SMILES string of the molecule is Cc1ccc(-n2c(=O)[nH][nH]c2=S)cc1Br. The van der Waals surface area contributed by atoms with Crippen LogP contribution in [0.2, 0.25) is 0 Å². The Labute approximate surface area is 99.1 Å². The molecule has 2 aromatic rings. The maximum Gasteiger partial charge on any atom is 0.347 e. The molecule has 0 unspecified atom stereocenters. The Kier molecular flexibility index (Phi) is 2.62. The third-order valence-corrected chi connectivity index (χ3v) is 3.24. The van der Waals surface area contributed by atoms with Gasteiger partial charge in [-0.05, 0) is 36.8 Å². The molecule has 0 aliphatic carbocycles. The lowest BCUT2D eigenvalue weighted by atomic mass is 10.2. The summed E-state index contributed by atoms with van der Waals surface area (Å²) in [6.07, 6.45) is 0. The van der Waals surface area contributed by atoms with Gasteiger partial charge in [0.15, 0.2) is 0 Å².